The molecule has 8 heteroatoms. The molecule has 0 aliphatic carbocycles. The van der Waals surface area contributed by atoms with E-state index in [0.717, 1.165) is 12.1 Å². The molecule has 0 atom stereocenters. The van der Waals surface area contributed by atoms with Crippen molar-refractivity contribution in [1.82, 2.24) is 9.78 Å². The second-order valence-electron chi connectivity index (χ2n) is 3.47. The Bertz CT molecular complexity index is 650. The Morgan fingerprint density at radius 3 is 2.22 bits per heavy atom. The van der Waals surface area contributed by atoms with E-state index >= 15 is 0 Å². The average Bonchev–Trinajstić information content (AvgIpc) is 2.75. The zero-order chi connectivity index (χ0) is 13.3. The van der Waals surface area contributed by atoms with Crippen molar-refractivity contribution in [3.05, 3.63) is 36.5 Å². The third-order valence-corrected chi connectivity index (χ3v) is 3.71. The Morgan fingerprint density at radius 2 is 1.78 bits per heavy atom. The summed E-state index contributed by atoms with van der Waals surface area (Å²) in [4.78, 5) is -0.438. The van der Waals surface area contributed by atoms with Crippen molar-refractivity contribution in [2.75, 3.05) is 5.73 Å². The Hall–Kier alpha value is -1.96. The molecule has 0 saturated heterocycles. The summed E-state index contributed by atoms with van der Waals surface area (Å²) in [5, 5.41) is 3.91. The Morgan fingerprint density at radius 1 is 1.17 bits per heavy atom. The van der Waals surface area contributed by atoms with Gasteiger partial charge in [0.25, 0.3) is 0 Å². The summed E-state index contributed by atoms with van der Waals surface area (Å²) in [5.74, 6) is -3.07. The van der Waals surface area contributed by atoms with Gasteiger partial charge in [-0.05, 0) is 24.3 Å². The minimum atomic E-state index is -4.57. The lowest BCUT2D eigenvalue weighted by Gasteiger charge is -2.06. The van der Waals surface area contributed by atoms with E-state index < -0.39 is 20.5 Å². The molecular formula is C10H9F2N3O2S. The van der Waals surface area contributed by atoms with Crippen LogP contribution in [-0.4, -0.2) is 24.0 Å². The lowest BCUT2D eigenvalue weighted by Crippen LogP contribution is -2.11. The lowest BCUT2D eigenvalue weighted by molar-refractivity contribution is 0.234. The third kappa shape index (κ3) is 2.06. The van der Waals surface area contributed by atoms with Gasteiger partial charge >= 0.3 is 5.76 Å². The maximum Gasteiger partial charge on any atom is 0.341 e. The standard InChI is InChI=1S/C10H9F2N3O2S/c11-10(12)18(16,17)8-3-1-7(2-4-8)15-9(13)5-6-14-15/h1-6,10H,13H2. The number of aromatic nitrogens is 2. The number of anilines is 1. The lowest BCUT2D eigenvalue weighted by atomic mass is 10.3. The van der Waals surface area contributed by atoms with Crippen LogP contribution in [0, 0.1) is 0 Å². The zero-order valence-corrected chi connectivity index (χ0v) is 9.81. The number of alkyl halides is 2. The number of nitrogen functional groups attached to an aromatic ring is 1. The molecule has 0 amide bonds. The van der Waals surface area contributed by atoms with Crippen LogP contribution in [0.1, 0.15) is 0 Å². The van der Waals surface area contributed by atoms with Gasteiger partial charge in [-0.15, -0.1) is 0 Å². The molecule has 96 valence electrons. The molecule has 1 aromatic heterocycles. The summed E-state index contributed by atoms with van der Waals surface area (Å²) in [5.41, 5.74) is 6.10. The average molecular weight is 273 g/mol. The topological polar surface area (TPSA) is 78.0 Å². The van der Waals surface area contributed by atoms with E-state index in [1.54, 1.807) is 6.07 Å². The van der Waals surface area contributed by atoms with E-state index in [-0.39, 0.29) is 0 Å². The first-order chi connectivity index (χ1) is 8.43. The molecule has 0 unspecified atom stereocenters. The largest absolute Gasteiger partial charge is 0.384 e. The van der Waals surface area contributed by atoms with Gasteiger partial charge in [-0.3, -0.25) is 0 Å². The summed E-state index contributed by atoms with van der Waals surface area (Å²) < 4.78 is 48.4. The number of halogens is 2. The number of hydrogen-bond acceptors (Lipinski definition) is 4. The van der Waals surface area contributed by atoms with Crippen molar-refractivity contribution < 1.29 is 17.2 Å². The number of rotatable bonds is 3. The van der Waals surface area contributed by atoms with E-state index in [0.29, 0.717) is 11.5 Å². The molecule has 2 rings (SSSR count). The number of benzene rings is 1. The predicted octanol–water partition coefficient (Wildman–Crippen LogP) is 1.45. The normalized spacial score (nSPS) is 11.9. The second kappa shape index (κ2) is 4.37. The van der Waals surface area contributed by atoms with E-state index in [1.165, 1.54) is 23.0 Å². The molecule has 2 aromatic rings. The monoisotopic (exact) mass is 273 g/mol. The highest BCUT2D eigenvalue weighted by atomic mass is 32.2. The number of nitrogens with two attached hydrogens (primary N) is 1. The van der Waals surface area contributed by atoms with Crippen LogP contribution in [0.5, 0.6) is 0 Å². The van der Waals surface area contributed by atoms with Crippen LogP contribution in [0.4, 0.5) is 14.6 Å². The molecule has 0 fully saturated rings. The molecule has 1 aromatic carbocycles. The Balaban J connectivity index is 2.41. The third-order valence-electron chi connectivity index (χ3n) is 2.32. The Kier molecular flexibility index (Phi) is 3.04. The van der Waals surface area contributed by atoms with Crippen molar-refractivity contribution >= 4 is 15.7 Å². The molecule has 2 N–H and O–H groups in total. The summed E-state index contributed by atoms with van der Waals surface area (Å²) in [6.45, 7) is 0. The molecule has 0 aliphatic rings. The van der Waals surface area contributed by atoms with Gasteiger partial charge in [-0.25, -0.2) is 13.1 Å². The van der Waals surface area contributed by atoms with Crippen LogP contribution in [-0.2, 0) is 9.84 Å². The summed E-state index contributed by atoms with van der Waals surface area (Å²) in [6.07, 6.45) is 1.47. The van der Waals surface area contributed by atoms with Crippen LogP contribution in [0.15, 0.2) is 41.4 Å². The van der Waals surface area contributed by atoms with Crippen molar-refractivity contribution in [1.29, 1.82) is 0 Å². The highest BCUT2D eigenvalue weighted by Crippen LogP contribution is 2.20. The van der Waals surface area contributed by atoms with E-state index in [2.05, 4.69) is 5.10 Å². The van der Waals surface area contributed by atoms with Crippen LogP contribution in [0.25, 0.3) is 5.69 Å². The van der Waals surface area contributed by atoms with Crippen LogP contribution >= 0.6 is 0 Å². The fourth-order valence-electron chi connectivity index (χ4n) is 1.41. The fourth-order valence-corrected chi connectivity index (χ4v) is 2.13. The fraction of sp³-hybridized carbons (Fsp3) is 0.100. The van der Waals surface area contributed by atoms with Gasteiger partial charge in [0.15, 0.2) is 0 Å². The van der Waals surface area contributed by atoms with Crippen molar-refractivity contribution in [3.63, 3.8) is 0 Å². The molecular weight excluding hydrogens is 264 g/mol. The Labute approximate surface area is 102 Å². The second-order valence-corrected chi connectivity index (χ2v) is 5.39. The maximum absolute atomic E-state index is 12.3. The molecule has 0 bridgehead atoms. The van der Waals surface area contributed by atoms with Crippen LogP contribution < -0.4 is 5.73 Å². The predicted molar refractivity (Wildman–Crippen MR) is 61.2 cm³/mol. The maximum atomic E-state index is 12.3. The van der Waals surface area contributed by atoms with Gasteiger partial charge < -0.3 is 5.73 Å². The zero-order valence-electron chi connectivity index (χ0n) is 8.99. The molecule has 0 spiro atoms. The highest BCUT2D eigenvalue weighted by Gasteiger charge is 2.26. The number of hydrogen-bond donors (Lipinski definition) is 1. The molecule has 18 heavy (non-hydrogen) atoms. The summed E-state index contributed by atoms with van der Waals surface area (Å²) >= 11 is 0. The van der Waals surface area contributed by atoms with Crippen LogP contribution in [0.3, 0.4) is 0 Å². The van der Waals surface area contributed by atoms with Gasteiger partial charge in [0.1, 0.15) is 5.82 Å². The smallest absolute Gasteiger partial charge is 0.341 e. The van der Waals surface area contributed by atoms with Crippen molar-refractivity contribution in [2.45, 2.75) is 10.7 Å². The minimum Gasteiger partial charge on any atom is -0.384 e. The van der Waals surface area contributed by atoms with Crippen molar-refractivity contribution in [3.8, 4) is 5.69 Å². The first kappa shape index (κ1) is 12.5. The molecule has 1 heterocycles. The summed E-state index contributed by atoms with van der Waals surface area (Å²) in [6, 6.07) is 6.47. The van der Waals surface area contributed by atoms with Gasteiger partial charge in [-0.2, -0.15) is 13.9 Å². The number of nitrogens with zero attached hydrogens (tertiary/aromatic N) is 2. The molecule has 0 aliphatic heterocycles. The van der Waals surface area contributed by atoms with E-state index in [4.69, 9.17) is 5.73 Å². The van der Waals surface area contributed by atoms with Gasteiger partial charge in [0.2, 0.25) is 9.84 Å². The van der Waals surface area contributed by atoms with Gasteiger partial charge in [0, 0.05) is 6.07 Å². The minimum absolute atomic E-state index is 0.361. The first-order valence-corrected chi connectivity index (χ1v) is 6.39. The number of sulfone groups is 1. The van der Waals surface area contributed by atoms with Gasteiger partial charge in [-0.1, -0.05) is 0 Å². The molecule has 0 radical (unpaired) electrons. The van der Waals surface area contributed by atoms with Crippen molar-refractivity contribution in [2.24, 2.45) is 0 Å². The van der Waals surface area contributed by atoms with E-state index in [9.17, 15) is 17.2 Å². The molecule has 0 saturated carbocycles. The highest BCUT2D eigenvalue weighted by molar-refractivity contribution is 7.91. The van der Waals surface area contributed by atoms with Crippen LogP contribution in [0.2, 0.25) is 0 Å². The van der Waals surface area contributed by atoms with E-state index in [1.807, 2.05) is 0 Å². The molecule has 5 nitrogen and oxygen atoms in total. The summed E-state index contributed by atoms with van der Waals surface area (Å²) in [7, 11) is -4.57. The van der Waals surface area contributed by atoms with Gasteiger partial charge in [0.05, 0.1) is 16.8 Å². The quantitative estimate of drug-likeness (QED) is 0.918. The SMILES string of the molecule is Nc1ccnn1-c1ccc(S(=O)(=O)C(F)F)cc1. The first-order valence-electron chi connectivity index (χ1n) is 4.85.